The molecular weight excluding hydrogens is 549 g/mol. The summed E-state index contributed by atoms with van der Waals surface area (Å²) in [5.41, 5.74) is 3.58. The molecular formula is C35H39F3N4O. The van der Waals surface area contributed by atoms with Crippen molar-refractivity contribution in [3.8, 4) is 11.3 Å². The standard InChI is InChI=1S/C35H39F3N4O/c1-26-13-15-27(16-14-26)31-23-30(24-33(40-31)35(36,37)38)32(43)25-39-17-8-18-41-19-21-42(22-20-41)34(28-9-4-2-5-10-28)29-11-6-3-7-12-29/h2-7,9-16,23-24,32,34,39,43H,8,17-22,25H2,1H3. The monoisotopic (exact) mass is 588 g/mol. The van der Waals surface area contributed by atoms with Crippen molar-refractivity contribution in [3.05, 3.63) is 125 Å². The molecule has 5 rings (SSSR count). The topological polar surface area (TPSA) is 51.6 Å². The summed E-state index contributed by atoms with van der Waals surface area (Å²) in [6, 6.07) is 31.2. The summed E-state index contributed by atoms with van der Waals surface area (Å²) in [5.74, 6) is 0. The average Bonchev–Trinajstić information content (AvgIpc) is 3.02. The van der Waals surface area contributed by atoms with Crippen molar-refractivity contribution in [1.82, 2.24) is 20.1 Å². The largest absolute Gasteiger partial charge is 0.433 e. The van der Waals surface area contributed by atoms with Crippen molar-refractivity contribution in [2.24, 2.45) is 0 Å². The number of halogens is 3. The Morgan fingerprint density at radius 2 is 1.42 bits per heavy atom. The maximum absolute atomic E-state index is 13.6. The van der Waals surface area contributed by atoms with Crippen LogP contribution in [0.2, 0.25) is 0 Å². The van der Waals surface area contributed by atoms with E-state index >= 15 is 0 Å². The number of aliphatic hydroxyl groups excluding tert-OH is 1. The Bertz CT molecular complexity index is 1380. The van der Waals surface area contributed by atoms with E-state index < -0.39 is 18.0 Å². The number of pyridine rings is 1. The number of nitrogens with one attached hydrogen (secondary N) is 1. The molecule has 0 radical (unpaired) electrons. The molecule has 43 heavy (non-hydrogen) atoms. The molecule has 2 N–H and O–H groups in total. The van der Waals surface area contributed by atoms with Crippen LogP contribution in [-0.2, 0) is 6.18 Å². The van der Waals surface area contributed by atoms with E-state index in [9.17, 15) is 18.3 Å². The highest BCUT2D eigenvalue weighted by Crippen LogP contribution is 2.33. The highest BCUT2D eigenvalue weighted by Gasteiger charge is 2.34. The predicted octanol–water partition coefficient (Wildman–Crippen LogP) is 6.50. The minimum absolute atomic E-state index is 0.165. The summed E-state index contributed by atoms with van der Waals surface area (Å²) < 4.78 is 40.8. The third-order valence-electron chi connectivity index (χ3n) is 8.04. The van der Waals surface area contributed by atoms with Gasteiger partial charge in [0.1, 0.15) is 5.69 Å². The minimum atomic E-state index is -4.60. The SMILES string of the molecule is Cc1ccc(-c2cc(C(O)CNCCCN3CCN(C(c4ccccc4)c4ccccc4)CC3)cc(C(F)(F)F)n2)cc1. The second-order valence-electron chi connectivity index (χ2n) is 11.2. The molecule has 2 heterocycles. The number of aliphatic hydroxyl groups is 1. The molecule has 1 saturated heterocycles. The van der Waals surface area contributed by atoms with Gasteiger partial charge in [-0.1, -0.05) is 90.5 Å². The van der Waals surface area contributed by atoms with Gasteiger partial charge in [0.25, 0.3) is 0 Å². The maximum Gasteiger partial charge on any atom is 0.433 e. The quantitative estimate of drug-likeness (QED) is 0.196. The van der Waals surface area contributed by atoms with Crippen LogP contribution in [0.5, 0.6) is 0 Å². The zero-order valence-corrected chi connectivity index (χ0v) is 24.5. The zero-order chi connectivity index (χ0) is 30.2. The molecule has 0 spiro atoms. The van der Waals surface area contributed by atoms with Gasteiger partial charge < -0.3 is 15.3 Å². The number of nitrogens with zero attached hydrogens (tertiary/aromatic N) is 3. The van der Waals surface area contributed by atoms with Gasteiger partial charge in [-0.25, -0.2) is 4.98 Å². The van der Waals surface area contributed by atoms with Gasteiger partial charge in [0, 0.05) is 38.3 Å². The summed E-state index contributed by atoms with van der Waals surface area (Å²) in [4.78, 5) is 8.83. The molecule has 1 aliphatic heterocycles. The van der Waals surface area contributed by atoms with Crippen LogP contribution >= 0.6 is 0 Å². The van der Waals surface area contributed by atoms with Crippen molar-refractivity contribution < 1.29 is 18.3 Å². The molecule has 0 amide bonds. The van der Waals surface area contributed by atoms with Crippen LogP contribution in [0.3, 0.4) is 0 Å². The lowest BCUT2D eigenvalue weighted by atomic mass is 9.96. The van der Waals surface area contributed by atoms with Gasteiger partial charge in [-0.3, -0.25) is 4.90 Å². The number of rotatable bonds is 11. The Kier molecular flexibility index (Phi) is 10.3. The lowest BCUT2D eigenvalue weighted by Crippen LogP contribution is -2.48. The first-order chi connectivity index (χ1) is 20.8. The molecule has 1 unspecified atom stereocenters. The van der Waals surface area contributed by atoms with Crippen LogP contribution in [0, 0.1) is 6.92 Å². The van der Waals surface area contributed by atoms with Crippen molar-refractivity contribution >= 4 is 0 Å². The van der Waals surface area contributed by atoms with Gasteiger partial charge in [-0.2, -0.15) is 13.2 Å². The molecule has 226 valence electrons. The minimum Gasteiger partial charge on any atom is -0.387 e. The second-order valence-corrected chi connectivity index (χ2v) is 11.2. The fourth-order valence-corrected chi connectivity index (χ4v) is 5.68. The molecule has 0 aliphatic carbocycles. The first-order valence-electron chi connectivity index (χ1n) is 14.9. The van der Waals surface area contributed by atoms with Crippen molar-refractivity contribution in [2.75, 3.05) is 45.8 Å². The van der Waals surface area contributed by atoms with E-state index in [2.05, 4.69) is 80.8 Å². The second kappa shape index (κ2) is 14.3. The van der Waals surface area contributed by atoms with Gasteiger partial charge in [0.05, 0.1) is 17.8 Å². The molecule has 1 fully saturated rings. The van der Waals surface area contributed by atoms with E-state index in [-0.39, 0.29) is 23.8 Å². The first kappa shape index (κ1) is 30.9. The normalized spacial score (nSPS) is 15.6. The van der Waals surface area contributed by atoms with Gasteiger partial charge in [-0.15, -0.1) is 0 Å². The zero-order valence-electron chi connectivity index (χ0n) is 24.5. The summed E-state index contributed by atoms with van der Waals surface area (Å²) in [6.45, 7) is 7.53. The Hall–Kier alpha value is -3.56. The summed E-state index contributed by atoms with van der Waals surface area (Å²) in [5, 5.41) is 14.0. The fourth-order valence-electron chi connectivity index (χ4n) is 5.68. The molecule has 4 aromatic rings. The van der Waals surface area contributed by atoms with E-state index in [1.54, 1.807) is 18.2 Å². The van der Waals surface area contributed by atoms with Gasteiger partial charge in [-0.05, 0) is 55.3 Å². The number of aromatic nitrogens is 1. The van der Waals surface area contributed by atoms with Crippen LogP contribution in [0.4, 0.5) is 13.2 Å². The molecule has 5 nitrogen and oxygen atoms in total. The Morgan fingerprint density at radius 1 is 0.814 bits per heavy atom. The summed E-state index contributed by atoms with van der Waals surface area (Å²) in [6.07, 6.45) is -4.80. The van der Waals surface area contributed by atoms with Crippen molar-refractivity contribution in [3.63, 3.8) is 0 Å². The van der Waals surface area contributed by atoms with Gasteiger partial charge >= 0.3 is 6.18 Å². The molecule has 1 aromatic heterocycles. The van der Waals surface area contributed by atoms with Crippen LogP contribution in [-0.4, -0.2) is 65.7 Å². The van der Waals surface area contributed by atoms with Gasteiger partial charge in [0.2, 0.25) is 0 Å². The first-order valence-corrected chi connectivity index (χ1v) is 14.9. The summed E-state index contributed by atoms with van der Waals surface area (Å²) >= 11 is 0. The van der Waals surface area contributed by atoms with E-state index in [4.69, 9.17) is 0 Å². The van der Waals surface area contributed by atoms with Crippen LogP contribution < -0.4 is 5.32 Å². The number of benzene rings is 3. The van der Waals surface area contributed by atoms with Crippen molar-refractivity contribution in [1.29, 1.82) is 0 Å². The van der Waals surface area contributed by atoms with Crippen LogP contribution in [0.25, 0.3) is 11.3 Å². The molecule has 8 heteroatoms. The Labute approximate surface area is 252 Å². The van der Waals surface area contributed by atoms with E-state index in [1.165, 1.54) is 11.1 Å². The molecule has 1 atom stereocenters. The van der Waals surface area contributed by atoms with Crippen molar-refractivity contribution in [2.45, 2.75) is 31.7 Å². The van der Waals surface area contributed by atoms with E-state index in [0.29, 0.717) is 12.1 Å². The number of alkyl halides is 3. The van der Waals surface area contributed by atoms with E-state index in [0.717, 1.165) is 50.8 Å². The van der Waals surface area contributed by atoms with Crippen LogP contribution in [0.15, 0.2) is 97.1 Å². The molecule has 3 aromatic carbocycles. The summed E-state index contributed by atoms with van der Waals surface area (Å²) in [7, 11) is 0. The predicted molar refractivity (Wildman–Crippen MR) is 165 cm³/mol. The number of aryl methyl sites for hydroxylation is 1. The number of hydrogen-bond donors (Lipinski definition) is 2. The van der Waals surface area contributed by atoms with Crippen LogP contribution in [0.1, 0.15) is 46.5 Å². The fraction of sp³-hybridized carbons (Fsp3) is 0.343. The third kappa shape index (κ3) is 8.30. The molecule has 1 aliphatic rings. The smallest absolute Gasteiger partial charge is 0.387 e. The number of hydrogen-bond acceptors (Lipinski definition) is 5. The highest BCUT2D eigenvalue weighted by molar-refractivity contribution is 5.61. The lowest BCUT2D eigenvalue weighted by molar-refractivity contribution is -0.141. The average molecular weight is 589 g/mol. The maximum atomic E-state index is 13.6. The highest BCUT2D eigenvalue weighted by atomic mass is 19.4. The number of piperazine rings is 1. The van der Waals surface area contributed by atoms with Gasteiger partial charge in [0.15, 0.2) is 0 Å². The Morgan fingerprint density at radius 3 is 2.00 bits per heavy atom. The Balaban J connectivity index is 1.11. The lowest BCUT2D eigenvalue weighted by Gasteiger charge is -2.40. The molecule has 0 saturated carbocycles. The third-order valence-corrected chi connectivity index (χ3v) is 8.04. The van der Waals surface area contributed by atoms with E-state index in [1.807, 2.05) is 19.1 Å². The molecule has 0 bridgehead atoms.